The maximum absolute atomic E-state index is 12.0. The highest BCUT2D eigenvalue weighted by molar-refractivity contribution is 6.42. The molecule has 0 fully saturated rings. The third-order valence-corrected chi connectivity index (χ3v) is 3.47. The van der Waals surface area contributed by atoms with E-state index in [9.17, 15) is 4.79 Å². The molecule has 0 N–H and O–H groups in total. The Hall–Kier alpha value is -1.71. The van der Waals surface area contributed by atoms with Crippen LogP contribution in [-0.2, 0) is 0 Å². The standard InChI is InChI=1S/C15H12Cl2O3/c1-19-11-5-2-4-10(8-11)13(18)9-20-14-7-3-6-12(16)15(14)17/h2-8H,9H2,1H3. The molecule has 0 aliphatic carbocycles. The van der Waals surface area contributed by atoms with Gasteiger partial charge in [0.25, 0.3) is 0 Å². The van der Waals surface area contributed by atoms with Crippen LogP contribution in [0.1, 0.15) is 10.4 Å². The first-order chi connectivity index (χ1) is 9.61. The van der Waals surface area contributed by atoms with Crippen molar-refractivity contribution < 1.29 is 14.3 Å². The van der Waals surface area contributed by atoms with Crippen molar-refractivity contribution in [3.63, 3.8) is 0 Å². The van der Waals surface area contributed by atoms with Crippen LogP contribution in [0.3, 0.4) is 0 Å². The zero-order valence-corrected chi connectivity index (χ0v) is 12.2. The van der Waals surface area contributed by atoms with E-state index in [1.807, 2.05) is 0 Å². The Morgan fingerprint density at radius 3 is 2.65 bits per heavy atom. The van der Waals surface area contributed by atoms with Gasteiger partial charge in [-0.2, -0.15) is 0 Å². The van der Waals surface area contributed by atoms with Crippen LogP contribution in [0.2, 0.25) is 10.0 Å². The van der Waals surface area contributed by atoms with E-state index in [0.29, 0.717) is 27.1 Å². The molecule has 0 bridgehead atoms. The summed E-state index contributed by atoms with van der Waals surface area (Å²) in [6, 6.07) is 11.9. The predicted octanol–water partition coefficient (Wildman–Crippen LogP) is 4.26. The molecule has 0 saturated carbocycles. The molecule has 104 valence electrons. The first-order valence-corrected chi connectivity index (χ1v) is 6.61. The van der Waals surface area contributed by atoms with Crippen molar-refractivity contribution in [2.45, 2.75) is 0 Å². The number of hydrogen-bond acceptors (Lipinski definition) is 3. The Balaban J connectivity index is 2.06. The number of ether oxygens (including phenoxy) is 2. The van der Waals surface area contributed by atoms with Crippen LogP contribution in [0.4, 0.5) is 0 Å². The van der Waals surface area contributed by atoms with Crippen molar-refractivity contribution in [3.05, 3.63) is 58.1 Å². The van der Waals surface area contributed by atoms with Crippen molar-refractivity contribution in [3.8, 4) is 11.5 Å². The van der Waals surface area contributed by atoms with Crippen LogP contribution in [0, 0.1) is 0 Å². The SMILES string of the molecule is COc1cccc(C(=O)COc2cccc(Cl)c2Cl)c1. The van der Waals surface area contributed by atoms with Gasteiger partial charge in [0.05, 0.1) is 12.1 Å². The van der Waals surface area contributed by atoms with E-state index in [0.717, 1.165) is 0 Å². The smallest absolute Gasteiger partial charge is 0.200 e. The molecule has 0 atom stereocenters. The molecule has 0 amide bonds. The van der Waals surface area contributed by atoms with Gasteiger partial charge in [0.1, 0.15) is 16.5 Å². The summed E-state index contributed by atoms with van der Waals surface area (Å²) in [7, 11) is 1.55. The Labute approximate surface area is 127 Å². The second-order valence-electron chi connectivity index (χ2n) is 4.00. The van der Waals surface area contributed by atoms with E-state index in [1.54, 1.807) is 49.6 Å². The van der Waals surface area contributed by atoms with E-state index in [-0.39, 0.29) is 12.4 Å². The van der Waals surface area contributed by atoms with Crippen LogP contribution in [0.25, 0.3) is 0 Å². The van der Waals surface area contributed by atoms with Gasteiger partial charge in [-0.3, -0.25) is 4.79 Å². The van der Waals surface area contributed by atoms with E-state index in [2.05, 4.69) is 0 Å². The van der Waals surface area contributed by atoms with Crippen LogP contribution in [-0.4, -0.2) is 19.5 Å². The van der Waals surface area contributed by atoms with Crippen molar-refractivity contribution in [2.24, 2.45) is 0 Å². The number of hydrogen-bond donors (Lipinski definition) is 0. The number of ketones is 1. The predicted molar refractivity (Wildman–Crippen MR) is 79.3 cm³/mol. The third-order valence-electron chi connectivity index (χ3n) is 2.67. The summed E-state index contributed by atoms with van der Waals surface area (Å²) < 4.78 is 10.5. The van der Waals surface area contributed by atoms with Crippen LogP contribution < -0.4 is 9.47 Å². The minimum Gasteiger partial charge on any atom is -0.497 e. The fourth-order valence-corrected chi connectivity index (χ4v) is 1.97. The van der Waals surface area contributed by atoms with Crippen molar-refractivity contribution in [1.82, 2.24) is 0 Å². The normalized spacial score (nSPS) is 10.2. The van der Waals surface area contributed by atoms with Crippen molar-refractivity contribution in [2.75, 3.05) is 13.7 Å². The topological polar surface area (TPSA) is 35.5 Å². The molecule has 0 unspecified atom stereocenters. The van der Waals surface area contributed by atoms with E-state index in [1.165, 1.54) is 0 Å². The Morgan fingerprint density at radius 2 is 1.90 bits per heavy atom. The number of methoxy groups -OCH3 is 1. The molecule has 5 heteroatoms. The van der Waals surface area contributed by atoms with Crippen LogP contribution in [0.15, 0.2) is 42.5 Å². The van der Waals surface area contributed by atoms with Gasteiger partial charge in [-0.05, 0) is 24.3 Å². The van der Waals surface area contributed by atoms with Gasteiger partial charge in [-0.25, -0.2) is 0 Å². The van der Waals surface area contributed by atoms with Gasteiger partial charge in [0, 0.05) is 5.56 Å². The monoisotopic (exact) mass is 310 g/mol. The molecular weight excluding hydrogens is 299 g/mol. The highest BCUT2D eigenvalue weighted by atomic mass is 35.5. The molecule has 0 heterocycles. The third kappa shape index (κ3) is 3.44. The van der Waals surface area contributed by atoms with Gasteiger partial charge >= 0.3 is 0 Å². The zero-order valence-electron chi connectivity index (χ0n) is 10.7. The lowest BCUT2D eigenvalue weighted by molar-refractivity contribution is 0.0921. The number of rotatable bonds is 5. The fraction of sp³-hybridized carbons (Fsp3) is 0.133. The second-order valence-corrected chi connectivity index (χ2v) is 4.78. The van der Waals surface area contributed by atoms with E-state index in [4.69, 9.17) is 32.7 Å². The maximum atomic E-state index is 12.0. The number of Topliss-reactive ketones (excluding diaryl/α,β-unsaturated/α-hetero) is 1. The fourth-order valence-electron chi connectivity index (χ4n) is 1.62. The highest BCUT2D eigenvalue weighted by Crippen LogP contribution is 2.31. The summed E-state index contributed by atoms with van der Waals surface area (Å²) >= 11 is 11.9. The number of carbonyl (C=O) groups excluding carboxylic acids is 1. The van der Waals surface area contributed by atoms with Gasteiger partial charge in [-0.1, -0.05) is 41.4 Å². The molecule has 0 spiro atoms. The van der Waals surface area contributed by atoms with Crippen molar-refractivity contribution >= 4 is 29.0 Å². The molecule has 2 aromatic carbocycles. The largest absolute Gasteiger partial charge is 0.497 e. The molecule has 3 nitrogen and oxygen atoms in total. The molecule has 0 aliphatic heterocycles. The second kappa shape index (κ2) is 6.64. The molecule has 0 aromatic heterocycles. The van der Waals surface area contributed by atoms with Gasteiger partial charge in [-0.15, -0.1) is 0 Å². The van der Waals surface area contributed by atoms with Gasteiger partial charge < -0.3 is 9.47 Å². The molecule has 2 rings (SSSR count). The van der Waals surface area contributed by atoms with Crippen LogP contribution in [0.5, 0.6) is 11.5 Å². The molecule has 0 saturated heterocycles. The van der Waals surface area contributed by atoms with Crippen LogP contribution >= 0.6 is 23.2 Å². The molecule has 0 radical (unpaired) electrons. The summed E-state index contributed by atoms with van der Waals surface area (Å²) in [5.41, 5.74) is 0.516. The summed E-state index contributed by atoms with van der Waals surface area (Å²) in [4.78, 5) is 12.0. The lowest BCUT2D eigenvalue weighted by Crippen LogP contribution is -2.11. The number of halogens is 2. The summed E-state index contributed by atoms with van der Waals surface area (Å²) in [5, 5.41) is 0.686. The summed E-state index contributed by atoms with van der Waals surface area (Å²) in [5.74, 6) is 0.840. The number of benzene rings is 2. The molecule has 20 heavy (non-hydrogen) atoms. The zero-order chi connectivity index (χ0) is 14.5. The average molecular weight is 311 g/mol. The molecule has 0 aliphatic rings. The van der Waals surface area contributed by atoms with Crippen molar-refractivity contribution in [1.29, 1.82) is 0 Å². The first kappa shape index (κ1) is 14.7. The summed E-state index contributed by atoms with van der Waals surface area (Å²) in [6.07, 6.45) is 0. The average Bonchev–Trinajstić information content (AvgIpc) is 2.48. The Kier molecular flexibility index (Phi) is 4.88. The Morgan fingerprint density at radius 1 is 1.15 bits per heavy atom. The minimum atomic E-state index is -0.167. The molecular formula is C15H12Cl2O3. The number of carbonyl (C=O) groups is 1. The maximum Gasteiger partial charge on any atom is 0.200 e. The van der Waals surface area contributed by atoms with Gasteiger partial charge in [0.2, 0.25) is 0 Å². The van der Waals surface area contributed by atoms with E-state index >= 15 is 0 Å². The quantitative estimate of drug-likeness (QED) is 0.774. The molecule has 2 aromatic rings. The minimum absolute atomic E-state index is 0.118. The van der Waals surface area contributed by atoms with Gasteiger partial charge in [0.15, 0.2) is 12.4 Å². The highest BCUT2D eigenvalue weighted by Gasteiger charge is 2.10. The first-order valence-electron chi connectivity index (χ1n) is 5.86. The lowest BCUT2D eigenvalue weighted by Gasteiger charge is -2.08. The van der Waals surface area contributed by atoms with E-state index < -0.39 is 0 Å². The Bertz CT molecular complexity index is 626. The lowest BCUT2D eigenvalue weighted by atomic mass is 10.1. The summed E-state index contributed by atoms with van der Waals surface area (Å²) in [6.45, 7) is -0.118.